The van der Waals surface area contributed by atoms with Gasteiger partial charge < -0.3 is 15.5 Å². The van der Waals surface area contributed by atoms with Gasteiger partial charge in [0.05, 0.1) is 32.5 Å². The van der Waals surface area contributed by atoms with Crippen LogP contribution in [0.25, 0.3) is 32.4 Å². The number of anilines is 2. The number of pyridine rings is 2. The van der Waals surface area contributed by atoms with E-state index in [1.165, 1.54) is 4.70 Å². The monoisotopic (exact) mass is 478 g/mol. The first-order valence-electron chi connectivity index (χ1n) is 11.6. The van der Waals surface area contributed by atoms with Crippen molar-refractivity contribution in [1.29, 1.82) is 0 Å². The third-order valence-corrected chi connectivity index (χ3v) is 7.81. The van der Waals surface area contributed by atoms with Crippen LogP contribution in [0.15, 0.2) is 72.5 Å². The molecule has 2 aliphatic heterocycles. The molecular formula is C27H22N6OS. The van der Waals surface area contributed by atoms with E-state index in [0.717, 1.165) is 65.2 Å². The van der Waals surface area contributed by atoms with Gasteiger partial charge in [-0.2, -0.15) is 0 Å². The fourth-order valence-electron chi connectivity index (χ4n) is 4.99. The van der Waals surface area contributed by atoms with Crippen molar-refractivity contribution in [1.82, 2.24) is 25.2 Å². The number of hydrogen-bond donors (Lipinski definition) is 2. The molecule has 172 valence electrons. The lowest BCUT2D eigenvalue weighted by molar-refractivity contribution is -0.0248. The largest absolute Gasteiger partial charge is 0.355 e. The summed E-state index contributed by atoms with van der Waals surface area (Å²) in [5.74, 6) is 0.0628. The summed E-state index contributed by atoms with van der Waals surface area (Å²) in [5.41, 5.74) is 8.45. The first kappa shape index (κ1) is 20.5. The van der Waals surface area contributed by atoms with E-state index < -0.39 is 0 Å². The number of likely N-dealkylation sites (tertiary alicyclic amines) is 1. The van der Waals surface area contributed by atoms with Crippen LogP contribution >= 0.6 is 11.3 Å². The molecule has 3 aromatic heterocycles. The Morgan fingerprint density at radius 2 is 1.89 bits per heavy atom. The Kier molecular flexibility index (Phi) is 4.58. The molecule has 2 aliphatic rings. The predicted octanol–water partition coefficient (Wildman–Crippen LogP) is 4.70. The molecule has 0 aliphatic carbocycles. The fraction of sp³-hybridized carbons (Fsp3) is 0.185. The van der Waals surface area contributed by atoms with Gasteiger partial charge >= 0.3 is 0 Å². The molecule has 1 spiro atoms. The van der Waals surface area contributed by atoms with Crippen LogP contribution in [-0.2, 0) is 0 Å². The molecule has 2 N–H and O–H groups in total. The molecular weight excluding hydrogens is 456 g/mol. The Morgan fingerprint density at radius 1 is 0.971 bits per heavy atom. The van der Waals surface area contributed by atoms with Crippen molar-refractivity contribution >= 4 is 49.7 Å². The maximum Gasteiger partial charge on any atom is 0.255 e. The molecule has 5 heterocycles. The van der Waals surface area contributed by atoms with Crippen LogP contribution in [0.2, 0.25) is 0 Å². The molecule has 1 amide bonds. The molecule has 2 aromatic carbocycles. The molecule has 7 rings (SSSR count). The van der Waals surface area contributed by atoms with E-state index in [1.54, 1.807) is 17.5 Å². The molecule has 0 radical (unpaired) electrons. The molecule has 0 atom stereocenters. The predicted molar refractivity (Wildman–Crippen MR) is 139 cm³/mol. The molecule has 0 saturated carbocycles. The zero-order valence-electron chi connectivity index (χ0n) is 18.9. The average Bonchev–Trinajstić information content (AvgIpc) is 3.30. The molecule has 2 saturated heterocycles. The molecule has 7 nitrogen and oxygen atoms in total. The summed E-state index contributed by atoms with van der Waals surface area (Å²) < 4.78 is 1.17. The van der Waals surface area contributed by atoms with Gasteiger partial charge in [-0.05, 0) is 48.5 Å². The van der Waals surface area contributed by atoms with E-state index in [-0.39, 0.29) is 5.91 Å². The van der Waals surface area contributed by atoms with Gasteiger partial charge in [0.1, 0.15) is 0 Å². The van der Waals surface area contributed by atoms with Gasteiger partial charge in [-0.1, -0.05) is 6.07 Å². The lowest BCUT2D eigenvalue weighted by Gasteiger charge is -2.56. The van der Waals surface area contributed by atoms with Crippen LogP contribution < -0.4 is 10.6 Å². The Balaban J connectivity index is 1.15. The van der Waals surface area contributed by atoms with E-state index in [0.29, 0.717) is 11.0 Å². The van der Waals surface area contributed by atoms with E-state index in [2.05, 4.69) is 49.9 Å². The topological polar surface area (TPSA) is 83.0 Å². The quantitative estimate of drug-likeness (QED) is 0.390. The van der Waals surface area contributed by atoms with Crippen molar-refractivity contribution < 1.29 is 4.79 Å². The highest BCUT2D eigenvalue weighted by atomic mass is 32.1. The maximum atomic E-state index is 12.8. The first-order chi connectivity index (χ1) is 17.2. The van der Waals surface area contributed by atoms with Gasteiger partial charge in [-0.25, -0.2) is 4.98 Å². The number of carbonyl (C=O) groups is 1. The summed E-state index contributed by atoms with van der Waals surface area (Å²) in [6.07, 6.45) is 3.50. The Morgan fingerprint density at radius 3 is 2.69 bits per heavy atom. The van der Waals surface area contributed by atoms with Crippen LogP contribution in [0, 0.1) is 5.41 Å². The van der Waals surface area contributed by atoms with E-state index in [1.807, 2.05) is 46.9 Å². The Labute approximate surface area is 205 Å². The second-order valence-corrected chi connectivity index (χ2v) is 10.3. The summed E-state index contributed by atoms with van der Waals surface area (Å²) in [4.78, 5) is 28.3. The van der Waals surface area contributed by atoms with Crippen molar-refractivity contribution in [3.05, 3.63) is 78.1 Å². The highest BCUT2D eigenvalue weighted by Crippen LogP contribution is 2.35. The van der Waals surface area contributed by atoms with E-state index >= 15 is 0 Å². The van der Waals surface area contributed by atoms with Gasteiger partial charge in [0.25, 0.3) is 5.91 Å². The third-order valence-electron chi connectivity index (χ3n) is 7.00. The van der Waals surface area contributed by atoms with Crippen LogP contribution in [0.3, 0.4) is 0 Å². The number of hydrogen-bond acceptors (Lipinski definition) is 7. The van der Waals surface area contributed by atoms with Gasteiger partial charge in [-0.15, -0.1) is 11.3 Å². The van der Waals surface area contributed by atoms with Crippen LogP contribution in [-0.4, -0.2) is 51.9 Å². The van der Waals surface area contributed by atoms with Gasteiger partial charge in [0.15, 0.2) is 0 Å². The van der Waals surface area contributed by atoms with E-state index in [4.69, 9.17) is 0 Å². The van der Waals surface area contributed by atoms with Crippen LogP contribution in [0.1, 0.15) is 10.4 Å². The minimum atomic E-state index is 0.0628. The highest BCUT2D eigenvalue weighted by molar-refractivity contribution is 7.16. The number of benzene rings is 2. The standard InChI is InChI=1S/C27H22N6OS/c34-26(33-14-27(15-33)12-28-13-27)18-2-4-21(30-11-18)17-1-5-22-20(9-17)23(7-8-29-22)32-19-3-6-25-24(10-19)31-16-35-25/h1-11,16,28H,12-15H2,(H,29,32). The number of carbonyl (C=O) groups excluding carboxylic acids is 1. The number of rotatable bonds is 4. The molecule has 0 unspecified atom stereocenters. The number of thiazole rings is 1. The van der Waals surface area contributed by atoms with Crippen molar-refractivity contribution in [2.24, 2.45) is 5.41 Å². The zero-order chi connectivity index (χ0) is 23.4. The average molecular weight is 479 g/mol. The number of fused-ring (bicyclic) bond motifs is 2. The van der Waals surface area contributed by atoms with Crippen molar-refractivity contribution in [2.75, 3.05) is 31.5 Å². The van der Waals surface area contributed by atoms with Crippen molar-refractivity contribution in [3.63, 3.8) is 0 Å². The van der Waals surface area contributed by atoms with Crippen molar-refractivity contribution in [3.8, 4) is 11.3 Å². The maximum absolute atomic E-state index is 12.8. The Hall–Kier alpha value is -3.88. The van der Waals surface area contributed by atoms with E-state index in [9.17, 15) is 4.79 Å². The summed E-state index contributed by atoms with van der Waals surface area (Å²) in [5, 5.41) is 7.83. The lowest BCUT2D eigenvalue weighted by Crippen LogP contribution is -2.71. The number of nitrogens with zero attached hydrogens (tertiary/aromatic N) is 4. The van der Waals surface area contributed by atoms with Crippen molar-refractivity contribution in [2.45, 2.75) is 0 Å². The van der Waals surface area contributed by atoms with Crippen LogP contribution in [0.5, 0.6) is 0 Å². The minimum absolute atomic E-state index is 0.0628. The Bertz CT molecular complexity index is 1580. The number of amides is 1. The number of nitrogens with one attached hydrogen (secondary N) is 2. The first-order valence-corrected chi connectivity index (χ1v) is 12.5. The molecule has 5 aromatic rings. The van der Waals surface area contributed by atoms with Gasteiger partial charge in [-0.3, -0.25) is 14.8 Å². The zero-order valence-corrected chi connectivity index (χ0v) is 19.7. The second-order valence-electron chi connectivity index (χ2n) is 9.45. The summed E-state index contributed by atoms with van der Waals surface area (Å²) >= 11 is 1.63. The highest BCUT2D eigenvalue weighted by Gasteiger charge is 2.49. The smallest absolute Gasteiger partial charge is 0.255 e. The molecule has 35 heavy (non-hydrogen) atoms. The summed E-state index contributed by atoms with van der Waals surface area (Å²) in [6.45, 7) is 3.70. The normalized spacial score (nSPS) is 16.3. The molecule has 2 fully saturated rings. The molecule has 8 heteroatoms. The minimum Gasteiger partial charge on any atom is -0.355 e. The van der Waals surface area contributed by atoms with Gasteiger partial charge in [0.2, 0.25) is 0 Å². The summed E-state index contributed by atoms with van der Waals surface area (Å²) in [7, 11) is 0. The number of aromatic nitrogens is 3. The SMILES string of the molecule is O=C(c1ccc(-c2ccc3nccc(Nc4ccc5scnc5c4)c3c2)nc1)N1CC2(CNC2)C1. The third kappa shape index (κ3) is 3.53. The fourth-order valence-corrected chi connectivity index (χ4v) is 5.65. The second kappa shape index (κ2) is 7.83. The van der Waals surface area contributed by atoms with Gasteiger partial charge in [0, 0.05) is 66.3 Å². The van der Waals surface area contributed by atoms with Crippen LogP contribution in [0.4, 0.5) is 11.4 Å². The lowest BCUT2D eigenvalue weighted by atomic mass is 9.74. The molecule has 0 bridgehead atoms. The summed E-state index contributed by atoms with van der Waals surface area (Å²) in [6, 6.07) is 18.1.